The molecule has 25 heavy (non-hydrogen) atoms. The smallest absolute Gasteiger partial charge is 0.356 e. The van der Waals surface area contributed by atoms with Crippen LogP contribution in [-0.2, 0) is 19.0 Å². The number of hydrogen-bond acceptors (Lipinski definition) is 4. The number of thiazole rings is 1. The van der Waals surface area contributed by atoms with Gasteiger partial charge in [-0.2, -0.15) is 13.2 Å². The number of thiophene rings is 1. The Morgan fingerprint density at radius 1 is 1.24 bits per heavy atom. The molecule has 11 heteroatoms. The van der Waals surface area contributed by atoms with Crippen molar-refractivity contribution in [3.05, 3.63) is 37.4 Å². The maximum absolute atomic E-state index is 12.5. The van der Waals surface area contributed by atoms with Gasteiger partial charge in [0.05, 0.1) is 9.34 Å². The predicted molar refractivity (Wildman–Crippen MR) is 109 cm³/mol. The molecule has 140 valence electrons. The quantitative estimate of drug-likeness (QED) is 0.334. The largest absolute Gasteiger partial charge is 0.434 e. The first-order chi connectivity index (χ1) is 11.4. The highest BCUT2D eigenvalue weighted by molar-refractivity contribution is 14.0. The van der Waals surface area contributed by atoms with Crippen LogP contribution in [0, 0.1) is 0 Å². The lowest BCUT2D eigenvalue weighted by molar-refractivity contribution is -0.140. The Morgan fingerprint density at radius 3 is 2.44 bits per heavy atom. The van der Waals surface area contributed by atoms with Crippen LogP contribution in [0.1, 0.15) is 15.6 Å². The minimum absolute atomic E-state index is 0. The van der Waals surface area contributed by atoms with Gasteiger partial charge in [0.2, 0.25) is 0 Å². The minimum atomic E-state index is -4.38. The summed E-state index contributed by atoms with van der Waals surface area (Å²) in [4.78, 5) is 8.84. The van der Waals surface area contributed by atoms with Gasteiger partial charge in [-0.1, -0.05) is 11.6 Å². The lowest BCUT2D eigenvalue weighted by atomic mass is 10.3. The van der Waals surface area contributed by atoms with Crippen LogP contribution in [0.2, 0.25) is 4.34 Å². The van der Waals surface area contributed by atoms with Crippen molar-refractivity contribution in [2.45, 2.75) is 19.0 Å². The number of aliphatic imine (C=N–C) groups is 1. The lowest BCUT2D eigenvalue weighted by Gasteiger charge is -2.10. The number of rotatable bonds is 6. The Bertz CT molecular complexity index is 688. The topological polar surface area (TPSA) is 49.3 Å². The summed E-state index contributed by atoms with van der Waals surface area (Å²) < 4.78 is 38.2. The van der Waals surface area contributed by atoms with Gasteiger partial charge in [0, 0.05) is 36.8 Å². The highest BCUT2D eigenvalue weighted by Gasteiger charge is 2.33. The van der Waals surface area contributed by atoms with Crippen LogP contribution >= 0.6 is 58.3 Å². The highest BCUT2D eigenvalue weighted by Crippen LogP contribution is 2.30. The summed E-state index contributed by atoms with van der Waals surface area (Å²) >= 11 is 8.42. The van der Waals surface area contributed by atoms with Crippen molar-refractivity contribution in [1.82, 2.24) is 15.6 Å². The molecule has 0 atom stereocenters. The maximum atomic E-state index is 12.5. The molecule has 0 spiro atoms. The van der Waals surface area contributed by atoms with Gasteiger partial charge < -0.3 is 10.6 Å². The second-order valence-corrected chi connectivity index (χ2v) is 7.50. The van der Waals surface area contributed by atoms with Gasteiger partial charge in [0.25, 0.3) is 0 Å². The van der Waals surface area contributed by atoms with Crippen molar-refractivity contribution >= 4 is 64.2 Å². The van der Waals surface area contributed by atoms with Crippen molar-refractivity contribution < 1.29 is 13.2 Å². The average Bonchev–Trinajstić information content (AvgIpc) is 3.14. The average molecular weight is 525 g/mol. The summed E-state index contributed by atoms with van der Waals surface area (Å²) in [6.07, 6.45) is -3.16. The highest BCUT2D eigenvalue weighted by atomic mass is 127. The third-order valence-electron chi connectivity index (χ3n) is 2.99. The van der Waals surface area contributed by atoms with E-state index in [0.29, 0.717) is 30.5 Å². The third-order valence-corrected chi connectivity index (χ3v) is 5.19. The first-order valence-electron chi connectivity index (χ1n) is 7.09. The molecule has 0 bridgehead atoms. The van der Waals surface area contributed by atoms with Crippen LogP contribution < -0.4 is 10.6 Å². The predicted octanol–water partition coefficient (Wildman–Crippen LogP) is 4.45. The van der Waals surface area contributed by atoms with Crippen LogP contribution in [-0.4, -0.2) is 31.1 Å². The van der Waals surface area contributed by atoms with Gasteiger partial charge in [-0.3, -0.25) is 4.99 Å². The number of guanidine groups is 1. The molecule has 0 aliphatic heterocycles. The Balaban J connectivity index is 0.00000312. The van der Waals surface area contributed by atoms with E-state index in [0.717, 1.165) is 27.5 Å². The van der Waals surface area contributed by atoms with E-state index in [1.54, 1.807) is 7.05 Å². The molecular weight excluding hydrogens is 508 g/mol. The van der Waals surface area contributed by atoms with E-state index >= 15 is 0 Å². The first kappa shape index (κ1) is 22.5. The molecule has 2 rings (SSSR count). The van der Waals surface area contributed by atoms with E-state index in [4.69, 9.17) is 11.6 Å². The third kappa shape index (κ3) is 7.67. The lowest BCUT2D eigenvalue weighted by Crippen LogP contribution is -2.39. The zero-order valence-corrected chi connectivity index (χ0v) is 17.9. The van der Waals surface area contributed by atoms with Crippen LogP contribution in [0.3, 0.4) is 0 Å². The molecule has 0 amide bonds. The van der Waals surface area contributed by atoms with Gasteiger partial charge in [-0.25, -0.2) is 4.98 Å². The van der Waals surface area contributed by atoms with Gasteiger partial charge in [0.1, 0.15) is 0 Å². The minimum Gasteiger partial charge on any atom is -0.356 e. The Kier molecular flexibility index (Phi) is 9.46. The molecule has 2 aromatic rings. The standard InChI is InChI=1S/C14H16ClF3N4S2.HI/c1-19-13(20-6-4-9-2-3-11(15)24-9)21-7-5-12-22-10(8-23-12)14(16,17)18;/h2-3,8H,4-7H2,1H3,(H2,19,20,21);1H. The SMILES string of the molecule is CN=C(NCCc1ccc(Cl)s1)NCCc1nc(C(F)(F)F)cs1.I. The zero-order valence-electron chi connectivity index (χ0n) is 13.2. The molecule has 0 saturated heterocycles. The van der Waals surface area contributed by atoms with Crippen LogP contribution in [0.25, 0.3) is 0 Å². The number of hydrogen-bond donors (Lipinski definition) is 2. The van der Waals surface area contributed by atoms with Crippen molar-refractivity contribution in [2.24, 2.45) is 4.99 Å². The normalized spacial score (nSPS) is 12.0. The summed E-state index contributed by atoms with van der Waals surface area (Å²) in [6.45, 7) is 1.14. The van der Waals surface area contributed by atoms with Gasteiger partial charge >= 0.3 is 6.18 Å². The fourth-order valence-corrected chi connectivity index (χ4v) is 3.75. The van der Waals surface area contributed by atoms with Crippen LogP contribution in [0.4, 0.5) is 13.2 Å². The van der Waals surface area contributed by atoms with E-state index in [2.05, 4.69) is 20.6 Å². The molecule has 4 nitrogen and oxygen atoms in total. The van der Waals surface area contributed by atoms with E-state index < -0.39 is 11.9 Å². The first-order valence-corrected chi connectivity index (χ1v) is 9.16. The molecule has 2 heterocycles. The van der Waals surface area contributed by atoms with E-state index in [1.165, 1.54) is 16.2 Å². The zero-order chi connectivity index (χ0) is 17.6. The van der Waals surface area contributed by atoms with E-state index in [9.17, 15) is 13.2 Å². The number of alkyl halides is 3. The molecule has 2 aromatic heterocycles. The summed E-state index contributed by atoms with van der Waals surface area (Å²) in [7, 11) is 1.64. The van der Waals surface area contributed by atoms with Crippen LogP contribution in [0.15, 0.2) is 22.5 Å². The van der Waals surface area contributed by atoms with E-state index in [-0.39, 0.29) is 24.0 Å². The molecule has 0 unspecified atom stereocenters. The molecule has 0 saturated carbocycles. The molecule has 2 N–H and O–H groups in total. The monoisotopic (exact) mass is 524 g/mol. The van der Waals surface area contributed by atoms with Crippen molar-refractivity contribution in [2.75, 3.05) is 20.1 Å². The Labute approximate surface area is 173 Å². The van der Waals surface area contributed by atoms with Crippen molar-refractivity contribution in [3.63, 3.8) is 0 Å². The number of aromatic nitrogens is 1. The fraction of sp³-hybridized carbons (Fsp3) is 0.429. The molecule has 0 aromatic carbocycles. The maximum Gasteiger partial charge on any atom is 0.434 e. The summed E-state index contributed by atoms with van der Waals surface area (Å²) in [5.74, 6) is 0.602. The Morgan fingerprint density at radius 2 is 1.92 bits per heavy atom. The molecule has 0 aliphatic rings. The van der Waals surface area contributed by atoms with Crippen LogP contribution in [0.5, 0.6) is 0 Å². The van der Waals surface area contributed by atoms with Crippen molar-refractivity contribution in [3.8, 4) is 0 Å². The molecular formula is C14H17ClF3IN4S2. The van der Waals surface area contributed by atoms with Gasteiger partial charge in [-0.05, 0) is 18.6 Å². The molecule has 0 aliphatic carbocycles. The Hall–Kier alpha value is -0.590. The van der Waals surface area contributed by atoms with Gasteiger partial charge in [0.15, 0.2) is 11.7 Å². The van der Waals surface area contributed by atoms with E-state index in [1.807, 2.05) is 12.1 Å². The van der Waals surface area contributed by atoms with Crippen molar-refractivity contribution in [1.29, 1.82) is 0 Å². The van der Waals surface area contributed by atoms with Gasteiger partial charge in [-0.15, -0.1) is 46.7 Å². The summed E-state index contributed by atoms with van der Waals surface area (Å²) in [5.41, 5.74) is -0.834. The number of halogens is 5. The molecule has 0 fully saturated rings. The summed E-state index contributed by atoms with van der Waals surface area (Å²) in [6, 6.07) is 3.84. The number of nitrogens with zero attached hydrogens (tertiary/aromatic N) is 2. The number of nitrogens with one attached hydrogen (secondary N) is 2. The summed E-state index contributed by atoms with van der Waals surface area (Å²) in [5, 5.41) is 7.69. The second-order valence-electron chi connectivity index (χ2n) is 4.76. The second kappa shape index (κ2) is 10.5. The fourth-order valence-electron chi connectivity index (χ4n) is 1.85. The molecule has 0 radical (unpaired) electrons.